The number of rotatable bonds is 7. The summed E-state index contributed by atoms with van der Waals surface area (Å²) in [6.45, 7) is 0. The predicted molar refractivity (Wildman–Crippen MR) is 114 cm³/mol. The molecule has 0 aliphatic carbocycles. The zero-order valence-electron chi connectivity index (χ0n) is 15.9. The van der Waals surface area contributed by atoms with Gasteiger partial charge in [0.25, 0.3) is 5.91 Å². The van der Waals surface area contributed by atoms with Crippen LogP contribution in [0.3, 0.4) is 0 Å². The molecule has 160 valence electrons. The van der Waals surface area contributed by atoms with Gasteiger partial charge < -0.3 is 10.4 Å². The van der Waals surface area contributed by atoms with Gasteiger partial charge >= 0.3 is 5.97 Å². The van der Waals surface area contributed by atoms with E-state index in [0.717, 1.165) is 5.56 Å². The third-order valence-corrected chi connectivity index (χ3v) is 6.31. The Hall–Kier alpha value is -3.12. The highest BCUT2D eigenvalue weighted by Crippen LogP contribution is 2.43. The maximum atomic E-state index is 12.8. The van der Waals surface area contributed by atoms with Gasteiger partial charge in [0.1, 0.15) is 29.4 Å². The number of benzene rings is 1. The Morgan fingerprint density at radius 3 is 2.68 bits per heavy atom. The number of carbonyl (C=O) groups is 4. The average Bonchev–Trinajstić information content (AvgIpc) is 3.19. The van der Waals surface area contributed by atoms with Crippen molar-refractivity contribution in [2.45, 2.75) is 24.3 Å². The van der Waals surface area contributed by atoms with E-state index in [1.54, 1.807) is 0 Å². The number of carbonyl (C=O) groups excluding carboxylic acids is 3. The van der Waals surface area contributed by atoms with Gasteiger partial charge in [0.2, 0.25) is 11.0 Å². The first kappa shape index (κ1) is 21.1. The third kappa shape index (κ3) is 4.21. The molecule has 2 aromatic rings. The van der Waals surface area contributed by atoms with Gasteiger partial charge in [-0.15, -0.1) is 11.8 Å². The Labute approximate surface area is 185 Å². The van der Waals surface area contributed by atoms with Crippen LogP contribution in [0.15, 0.2) is 36.0 Å². The van der Waals surface area contributed by atoms with Crippen molar-refractivity contribution in [2.24, 2.45) is 0 Å². The molecule has 10 nitrogen and oxygen atoms in total. The number of β-lactam (4-membered cyclic amide) rings is 1. The molecule has 3 heterocycles. The summed E-state index contributed by atoms with van der Waals surface area (Å²) in [4.78, 5) is 53.6. The minimum Gasteiger partial charge on any atom is -0.481 e. The summed E-state index contributed by atoms with van der Waals surface area (Å²) in [5.41, 5.74) is 1.26. The van der Waals surface area contributed by atoms with Gasteiger partial charge in [-0.25, -0.2) is 4.98 Å². The lowest BCUT2D eigenvalue weighted by Crippen LogP contribution is -2.70. The second-order valence-electron chi connectivity index (χ2n) is 6.93. The van der Waals surface area contributed by atoms with E-state index < -0.39 is 28.4 Å². The van der Waals surface area contributed by atoms with E-state index in [-0.39, 0.29) is 36.1 Å². The summed E-state index contributed by atoms with van der Waals surface area (Å²) in [5, 5.41) is 17.1. The van der Waals surface area contributed by atoms with Crippen LogP contribution in [-0.4, -0.2) is 65.3 Å². The van der Waals surface area contributed by atoms with Gasteiger partial charge in [-0.05, 0) is 5.56 Å². The number of aliphatic carboxylic acids is 1. The van der Waals surface area contributed by atoms with Crippen molar-refractivity contribution in [3.05, 3.63) is 53.2 Å². The number of thioether (sulfide) groups is 1. The fourth-order valence-electron chi connectivity index (χ4n) is 3.45. The van der Waals surface area contributed by atoms with E-state index in [0.29, 0.717) is 11.3 Å². The minimum absolute atomic E-state index is 0.0477. The molecule has 1 aromatic carbocycles. The zero-order valence-corrected chi connectivity index (χ0v) is 17.7. The van der Waals surface area contributed by atoms with Gasteiger partial charge in [0.05, 0.1) is 6.42 Å². The highest BCUT2D eigenvalue weighted by atomic mass is 32.2. The van der Waals surface area contributed by atoms with Gasteiger partial charge in [0.15, 0.2) is 5.82 Å². The number of H-pyrrole nitrogens is 1. The Bertz CT molecular complexity index is 1100. The van der Waals surface area contributed by atoms with Crippen LogP contribution in [0, 0.1) is 0 Å². The second-order valence-corrected chi connectivity index (χ2v) is 8.44. The van der Waals surface area contributed by atoms with Crippen molar-refractivity contribution in [2.75, 3.05) is 5.75 Å². The van der Waals surface area contributed by atoms with Crippen molar-refractivity contribution in [1.82, 2.24) is 25.4 Å². The summed E-state index contributed by atoms with van der Waals surface area (Å²) in [7, 11) is 0. The summed E-state index contributed by atoms with van der Waals surface area (Å²) >= 11 is 5.26. The predicted octanol–water partition coefficient (Wildman–Crippen LogP) is 0.242. The summed E-state index contributed by atoms with van der Waals surface area (Å²) in [6.07, 6.45) is -0.205. The molecule has 0 radical (unpaired) electrons. The van der Waals surface area contributed by atoms with E-state index in [1.165, 1.54) is 16.7 Å². The average molecular weight is 460 g/mol. The van der Waals surface area contributed by atoms with Crippen LogP contribution in [0.4, 0.5) is 0 Å². The van der Waals surface area contributed by atoms with Crippen LogP contribution in [0.5, 0.6) is 0 Å². The van der Waals surface area contributed by atoms with E-state index >= 15 is 0 Å². The number of aromatic amines is 1. The first-order chi connectivity index (χ1) is 14.8. The number of fused-ring (bicyclic) bond motifs is 1. The van der Waals surface area contributed by atoms with Crippen molar-refractivity contribution in [3.8, 4) is 0 Å². The number of aromatic nitrogens is 3. The van der Waals surface area contributed by atoms with Gasteiger partial charge in [-0.1, -0.05) is 43.0 Å². The van der Waals surface area contributed by atoms with E-state index in [2.05, 4.69) is 33.1 Å². The number of nitrogens with zero attached hydrogens (tertiary/aromatic N) is 3. The molecule has 12 heteroatoms. The minimum atomic E-state index is -1.08. The SMILES string of the molecule is O=C(O)Cc1nc(C2=C(C(=O)S)N3C(=O)[C@@H](NC(=O)Cc4ccccc4)[C@H]3SC2)n[nH]1. The fourth-order valence-corrected chi connectivity index (χ4v) is 5.03. The first-order valence-corrected chi connectivity index (χ1v) is 10.7. The Morgan fingerprint density at radius 2 is 2.00 bits per heavy atom. The standard InChI is InChI=1S/C19H17N5O5S2/c25-12(6-9-4-2-1-3-5-9)21-14-17(28)24-15(19(29)30)10(8-31-18(14)24)16-20-11(22-23-16)7-13(26)27/h1-5,14,18H,6-8H2,(H,21,25)(H,26,27)(H,29,30)(H,20,22,23)/t14-,18-/m1/s1. The molecular weight excluding hydrogens is 442 g/mol. The van der Waals surface area contributed by atoms with Crippen LogP contribution in [0.2, 0.25) is 0 Å². The molecule has 2 amide bonds. The Kier molecular flexibility index (Phi) is 5.83. The number of hydrogen-bond donors (Lipinski definition) is 4. The van der Waals surface area contributed by atoms with Crippen molar-refractivity contribution in [1.29, 1.82) is 0 Å². The van der Waals surface area contributed by atoms with Crippen LogP contribution in [-0.2, 0) is 32.0 Å². The number of carboxylic acid groups (broad SMARTS) is 1. The molecular formula is C19H17N5O5S2. The summed E-state index contributed by atoms with van der Waals surface area (Å²) in [5.74, 6) is -1.21. The number of hydrogen-bond acceptors (Lipinski definition) is 7. The number of amides is 2. The highest BCUT2D eigenvalue weighted by Gasteiger charge is 2.54. The Balaban J connectivity index is 1.51. The maximum absolute atomic E-state index is 12.8. The smallest absolute Gasteiger partial charge is 0.311 e. The lowest BCUT2D eigenvalue weighted by atomic mass is 10.0. The molecule has 1 saturated heterocycles. The molecule has 2 aliphatic heterocycles. The van der Waals surface area contributed by atoms with Gasteiger partial charge in [0, 0.05) is 11.3 Å². The topological polar surface area (TPSA) is 145 Å². The molecule has 1 aromatic heterocycles. The molecule has 0 unspecified atom stereocenters. The van der Waals surface area contributed by atoms with E-state index in [4.69, 9.17) is 5.11 Å². The lowest BCUT2D eigenvalue weighted by molar-refractivity contribution is -0.146. The van der Waals surface area contributed by atoms with Crippen LogP contribution >= 0.6 is 24.4 Å². The normalized spacial score (nSPS) is 20.2. The maximum Gasteiger partial charge on any atom is 0.311 e. The van der Waals surface area contributed by atoms with Crippen molar-refractivity contribution >= 4 is 52.9 Å². The Morgan fingerprint density at radius 1 is 1.26 bits per heavy atom. The molecule has 2 aliphatic rings. The van der Waals surface area contributed by atoms with Crippen LogP contribution < -0.4 is 5.32 Å². The van der Waals surface area contributed by atoms with Gasteiger partial charge in [-0.3, -0.25) is 29.2 Å². The van der Waals surface area contributed by atoms with Gasteiger partial charge in [-0.2, -0.15) is 5.10 Å². The lowest BCUT2D eigenvalue weighted by Gasteiger charge is -2.49. The molecule has 0 bridgehead atoms. The second kappa shape index (κ2) is 8.55. The van der Waals surface area contributed by atoms with E-state index in [9.17, 15) is 19.2 Å². The zero-order chi connectivity index (χ0) is 22.1. The van der Waals surface area contributed by atoms with Crippen LogP contribution in [0.1, 0.15) is 17.2 Å². The van der Waals surface area contributed by atoms with Crippen LogP contribution in [0.25, 0.3) is 5.57 Å². The number of carboxylic acids is 1. The summed E-state index contributed by atoms with van der Waals surface area (Å²) < 4.78 is 0. The highest BCUT2D eigenvalue weighted by molar-refractivity contribution is 8.00. The molecule has 1 fully saturated rings. The molecule has 4 rings (SSSR count). The van der Waals surface area contributed by atoms with E-state index in [1.807, 2.05) is 30.3 Å². The monoisotopic (exact) mass is 459 g/mol. The van der Waals surface area contributed by atoms with Crippen molar-refractivity contribution in [3.63, 3.8) is 0 Å². The third-order valence-electron chi connectivity index (χ3n) is 4.82. The first-order valence-electron chi connectivity index (χ1n) is 9.23. The summed E-state index contributed by atoms with van der Waals surface area (Å²) in [6, 6.07) is 8.42. The fraction of sp³-hybridized carbons (Fsp3) is 0.263. The van der Waals surface area contributed by atoms with Crippen molar-refractivity contribution < 1.29 is 24.3 Å². The molecule has 31 heavy (non-hydrogen) atoms. The quantitative estimate of drug-likeness (QED) is 0.340. The molecule has 3 N–H and O–H groups in total. The number of nitrogens with one attached hydrogen (secondary N) is 2. The number of thiol groups is 1. The molecule has 2 atom stereocenters. The molecule has 0 spiro atoms. The largest absolute Gasteiger partial charge is 0.481 e. The molecule has 0 saturated carbocycles.